The minimum Gasteiger partial charge on any atom is -0.354 e. The molecule has 0 bridgehead atoms. The van der Waals surface area contributed by atoms with Gasteiger partial charge >= 0.3 is 0 Å². The number of aromatic amines is 1. The van der Waals surface area contributed by atoms with Gasteiger partial charge in [0.05, 0.1) is 6.04 Å². The molecule has 2 N–H and O–H groups in total. The lowest BCUT2D eigenvalue weighted by Crippen LogP contribution is -2.27. The van der Waals surface area contributed by atoms with Gasteiger partial charge in [-0.05, 0) is 43.9 Å². The zero-order chi connectivity index (χ0) is 15.7. The number of nitrogens with zero attached hydrogens (tertiary/aromatic N) is 1. The summed E-state index contributed by atoms with van der Waals surface area (Å²) in [5.41, 5.74) is 3.81. The van der Waals surface area contributed by atoms with Crippen molar-refractivity contribution in [2.75, 3.05) is 0 Å². The van der Waals surface area contributed by atoms with Gasteiger partial charge in [0.2, 0.25) is 0 Å². The Bertz CT molecular complexity index is 719. The first-order chi connectivity index (χ1) is 10.6. The Morgan fingerprint density at radius 2 is 2.23 bits per heavy atom. The van der Waals surface area contributed by atoms with Crippen molar-refractivity contribution in [3.05, 3.63) is 52.6 Å². The van der Waals surface area contributed by atoms with E-state index < -0.39 is 0 Å². The van der Waals surface area contributed by atoms with E-state index in [1.165, 1.54) is 0 Å². The largest absolute Gasteiger partial charge is 0.354 e. The van der Waals surface area contributed by atoms with Gasteiger partial charge in [0.1, 0.15) is 5.69 Å². The van der Waals surface area contributed by atoms with E-state index in [-0.39, 0.29) is 17.7 Å². The average Bonchev–Trinajstić information content (AvgIpc) is 2.86. The zero-order valence-electron chi connectivity index (χ0n) is 12.8. The third-order valence-corrected chi connectivity index (χ3v) is 4.20. The molecule has 0 saturated carbocycles. The Morgan fingerprint density at radius 3 is 2.91 bits per heavy atom. The molecule has 1 atom stereocenters. The van der Waals surface area contributed by atoms with E-state index in [0.717, 1.165) is 29.7 Å². The Balaban J connectivity index is 1.83. The quantitative estimate of drug-likeness (QED) is 0.914. The number of Topliss-reactive ketones (excluding diaryl/α,β-unsaturated/α-hetero) is 1. The summed E-state index contributed by atoms with van der Waals surface area (Å²) in [5, 5.41) is 2.96. The number of amides is 1. The molecule has 2 aromatic heterocycles. The predicted octanol–water partition coefficient (Wildman–Crippen LogP) is 2.73. The predicted molar refractivity (Wildman–Crippen MR) is 82.9 cm³/mol. The first-order valence-corrected chi connectivity index (χ1v) is 7.53. The molecule has 0 aliphatic heterocycles. The van der Waals surface area contributed by atoms with E-state index >= 15 is 0 Å². The zero-order valence-corrected chi connectivity index (χ0v) is 12.8. The summed E-state index contributed by atoms with van der Waals surface area (Å²) >= 11 is 0. The molecule has 22 heavy (non-hydrogen) atoms. The second-order valence-corrected chi connectivity index (χ2v) is 5.74. The molecule has 3 rings (SSSR count). The molecule has 1 aliphatic carbocycles. The summed E-state index contributed by atoms with van der Waals surface area (Å²) in [6.45, 7) is 3.75. The second kappa shape index (κ2) is 5.75. The summed E-state index contributed by atoms with van der Waals surface area (Å²) < 4.78 is 0. The number of nitrogens with one attached hydrogen (secondary N) is 2. The third kappa shape index (κ3) is 2.54. The molecule has 5 nitrogen and oxygen atoms in total. The summed E-state index contributed by atoms with van der Waals surface area (Å²) in [6, 6.07) is 3.63. The number of aryl methyl sites for hydroxylation is 1. The highest BCUT2D eigenvalue weighted by Gasteiger charge is 2.26. The number of H-pyrrole nitrogens is 1. The highest BCUT2D eigenvalue weighted by molar-refractivity contribution is 6.04. The Kier molecular flexibility index (Phi) is 3.79. The maximum absolute atomic E-state index is 12.5. The van der Waals surface area contributed by atoms with Crippen LogP contribution in [0.15, 0.2) is 24.5 Å². The number of carbonyl (C=O) groups excluding carboxylic acids is 2. The lowest BCUT2D eigenvalue weighted by Gasteiger charge is -2.13. The van der Waals surface area contributed by atoms with Crippen LogP contribution in [0.3, 0.4) is 0 Å². The van der Waals surface area contributed by atoms with Crippen LogP contribution in [0.5, 0.6) is 0 Å². The van der Waals surface area contributed by atoms with Gasteiger partial charge < -0.3 is 10.3 Å². The van der Waals surface area contributed by atoms with Gasteiger partial charge in [-0.15, -0.1) is 0 Å². The van der Waals surface area contributed by atoms with Crippen molar-refractivity contribution in [2.45, 2.75) is 39.2 Å². The monoisotopic (exact) mass is 297 g/mol. The normalized spacial score (nSPS) is 15.3. The molecule has 1 amide bonds. The van der Waals surface area contributed by atoms with Crippen LogP contribution in [0.4, 0.5) is 0 Å². The van der Waals surface area contributed by atoms with Crippen LogP contribution in [0.1, 0.15) is 63.5 Å². The van der Waals surface area contributed by atoms with Crippen molar-refractivity contribution in [1.29, 1.82) is 0 Å². The van der Waals surface area contributed by atoms with Gasteiger partial charge in [0.15, 0.2) is 5.78 Å². The van der Waals surface area contributed by atoms with Crippen molar-refractivity contribution in [1.82, 2.24) is 15.3 Å². The van der Waals surface area contributed by atoms with Crippen molar-refractivity contribution in [3.8, 4) is 0 Å². The highest BCUT2D eigenvalue weighted by atomic mass is 16.2. The van der Waals surface area contributed by atoms with Crippen LogP contribution in [-0.4, -0.2) is 21.7 Å². The number of rotatable bonds is 3. The lowest BCUT2D eigenvalue weighted by molar-refractivity contribution is 0.0934. The molecule has 2 aromatic rings. The first-order valence-electron chi connectivity index (χ1n) is 7.53. The van der Waals surface area contributed by atoms with Crippen molar-refractivity contribution in [3.63, 3.8) is 0 Å². The fourth-order valence-electron chi connectivity index (χ4n) is 2.99. The van der Waals surface area contributed by atoms with Crippen LogP contribution >= 0.6 is 0 Å². The molecule has 0 aromatic carbocycles. The molecular formula is C17H19N3O2. The number of pyridine rings is 1. The minimum absolute atomic E-state index is 0.134. The van der Waals surface area contributed by atoms with E-state index in [1.54, 1.807) is 12.4 Å². The molecule has 0 fully saturated rings. The first kappa shape index (κ1) is 14.5. The van der Waals surface area contributed by atoms with Gasteiger partial charge in [-0.2, -0.15) is 0 Å². The van der Waals surface area contributed by atoms with Crippen molar-refractivity contribution < 1.29 is 9.59 Å². The number of ketones is 1. The Hall–Kier alpha value is -2.43. The van der Waals surface area contributed by atoms with Gasteiger partial charge in [0, 0.05) is 30.1 Å². The van der Waals surface area contributed by atoms with Gasteiger partial charge in [-0.25, -0.2) is 0 Å². The molecule has 0 radical (unpaired) electrons. The van der Waals surface area contributed by atoms with E-state index in [4.69, 9.17) is 0 Å². The summed E-state index contributed by atoms with van der Waals surface area (Å²) in [5.74, 6) is -0.0505. The fraction of sp³-hybridized carbons (Fsp3) is 0.353. The van der Waals surface area contributed by atoms with E-state index in [1.807, 2.05) is 26.0 Å². The molecule has 0 saturated heterocycles. The van der Waals surface area contributed by atoms with Gasteiger partial charge in [-0.1, -0.05) is 6.07 Å². The van der Waals surface area contributed by atoms with Crippen molar-refractivity contribution in [2.24, 2.45) is 0 Å². The number of hydrogen-bond acceptors (Lipinski definition) is 3. The van der Waals surface area contributed by atoms with E-state index in [0.29, 0.717) is 17.7 Å². The Labute approximate surface area is 129 Å². The second-order valence-electron chi connectivity index (χ2n) is 5.74. The average molecular weight is 297 g/mol. The number of aromatic nitrogens is 2. The smallest absolute Gasteiger partial charge is 0.268 e. The fourth-order valence-corrected chi connectivity index (χ4v) is 2.99. The molecule has 1 aliphatic rings. The van der Waals surface area contributed by atoms with Crippen LogP contribution < -0.4 is 5.32 Å². The van der Waals surface area contributed by atoms with Crippen LogP contribution in [-0.2, 0) is 6.42 Å². The standard InChI is InChI=1S/C17H19N3O2/c1-10-15-13(6-3-7-14(15)21)20-16(10)17(22)19-11(2)12-5-4-8-18-9-12/h4-5,8-9,11,20H,3,6-7H2,1-2H3,(H,19,22). The highest BCUT2D eigenvalue weighted by Crippen LogP contribution is 2.26. The molecule has 114 valence electrons. The minimum atomic E-state index is -0.184. The molecule has 2 heterocycles. The SMILES string of the molecule is Cc1c(C(=O)NC(C)c2cccnc2)[nH]c2c1C(=O)CCC2. The molecule has 5 heteroatoms. The maximum Gasteiger partial charge on any atom is 0.268 e. The Morgan fingerprint density at radius 1 is 1.41 bits per heavy atom. The van der Waals surface area contributed by atoms with E-state index in [9.17, 15) is 9.59 Å². The summed E-state index contributed by atoms with van der Waals surface area (Å²) in [4.78, 5) is 31.7. The number of carbonyl (C=O) groups is 2. The topological polar surface area (TPSA) is 74.8 Å². The maximum atomic E-state index is 12.5. The van der Waals surface area contributed by atoms with Gasteiger partial charge in [-0.3, -0.25) is 14.6 Å². The summed E-state index contributed by atoms with van der Waals surface area (Å²) in [6.07, 6.45) is 5.68. The van der Waals surface area contributed by atoms with Crippen LogP contribution in [0.2, 0.25) is 0 Å². The molecular weight excluding hydrogens is 278 g/mol. The molecule has 1 unspecified atom stereocenters. The van der Waals surface area contributed by atoms with E-state index in [2.05, 4.69) is 15.3 Å². The number of fused-ring (bicyclic) bond motifs is 1. The number of hydrogen-bond donors (Lipinski definition) is 2. The lowest BCUT2D eigenvalue weighted by atomic mass is 9.94. The third-order valence-electron chi connectivity index (χ3n) is 4.20. The van der Waals surface area contributed by atoms with Crippen LogP contribution in [0.25, 0.3) is 0 Å². The van der Waals surface area contributed by atoms with Gasteiger partial charge in [0.25, 0.3) is 5.91 Å². The van der Waals surface area contributed by atoms with Crippen LogP contribution in [0, 0.1) is 6.92 Å². The summed E-state index contributed by atoms with van der Waals surface area (Å²) in [7, 11) is 0. The van der Waals surface area contributed by atoms with Crippen molar-refractivity contribution >= 4 is 11.7 Å². The molecule has 0 spiro atoms.